The number of fused-ring (bicyclic) bond motifs is 2. The molecule has 0 aliphatic heterocycles. The van der Waals surface area contributed by atoms with Gasteiger partial charge < -0.3 is 0 Å². The quantitative estimate of drug-likeness (QED) is 0.635. The van der Waals surface area contributed by atoms with Crippen molar-refractivity contribution in [2.75, 3.05) is 0 Å². The molecule has 2 aromatic rings. The summed E-state index contributed by atoms with van der Waals surface area (Å²) in [6.45, 7) is 0. The van der Waals surface area contributed by atoms with Crippen molar-refractivity contribution in [3.05, 3.63) is 59.7 Å². The molecule has 0 atom stereocenters. The molecule has 0 saturated carbocycles. The van der Waals surface area contributed by atoms with E-state index in [4.69, 9.17) is 0 Å². The first-order valence-corrected chi connectivity index (χ1v) is 4.53. The van der Waals surface area contributed by atoms with Crippen molar-refractivity contribution in [1.82, 2.24) is 0 Å². The average Bonchev–Trinajstić information content (AvgIpc) is 2.61. The minimum Gasteiger partial charge on any atom is -0.189 e. The van der Waals surface area contributed by atoms with E-state index in [1.165, 1.54) is 21.9 Å². The summed E-state index contributed by atoms with van der Waals surface area (Å²) in [5, 5.41) is 2.64. The fourth-order valence-corrected chi connectivity index (χ4v) is 1.86. The summed E-state index contributed by atoms with van der Waals surface area (Å²) < 4.78 is 0. The third kappa shape index (κ3) is 1.50. The van der Waals surface area contributed by atoms with Crippen LogP contribution in [0.5, 0.6) is 0 Å². The van der Waals surface area contributed by atoms with Crippen LogP contribution >= 0.6 is 0 Å². The standard InChI is InChI=1S/C13H9.Zr/c1-2-5-11-9-13-7-3-6-12(13)8-10(11)4-1;/h1-5,8-9H,6H2;/q-1;. The van der Waals surface area contributed by atoms with Gasteiger partial charge in [-0.3, -0.25) is 0 Å². The Balaban J connectivity index is 0.000000750. The van der Waals surface area contributed by atoms with Gasteiger partial charge in [0.05, 0.1) is 0 Å². The Morgan fingerprint density at radius 3 is 2.50 bits per heavy atom. The molecule has 14 heavy (non-hydrogen) atoms. The SMILES string of the molecule is [C-]1=CCc2cc3ccccc3cc21.[Zr]. The molecule has 3 rings (SSSR count). The Labute approximate surface area is 103 Å². The van der Waals surface area contributed by atoms with Crippen LogP contribution in [0, 0.1) is 6.08 Å². The van der Waals surface area contributed by atoms with Gasteiger partial charge in [-0.05, 0) is 5.39 Å². The summed E-state index contributed by atoms with van der Waals surface area (Å²) in [6, 6.07) is 13.0. The molecule has 0 aromatic heterocycles. The summed E-state index contributed by atoms with van der Waals surface area (Å²) in [5.74, 6) is 0. The van der Waals surface area contributed by atoms with Gasteiger partial charge in [-0.1, -0.05) is 36.1 Å². The van der Waals surface area contributed by atoms with Gasteiger partial charge in [0.2, 0.25) is 0 Å². The Kier molecular flexibility index (Phi) is 2.69. The van der Waals surface area contributed by atoms with E-state index in [0.29, 0.717) is 0 Å². The molecule has 0 bridgehead atoms. The summed E-state index contributed by atoms with van der Waals surface area (Å²) in [4.78, 5) is 0. The van der Waals surface area contributed by atoms with Crippen molar-refractivity contribution in [1.29, 1.82) is 0 Å². The van der Waals surface area contributed by atoms with Crippen LogP contribution in [0.25, 0.3) is 10.8 Å². The van der Waals surface area contributed by atoms with E-state index in [9.17, 15) is 0 Å². The average molecular weight is 256 g/mol. The molecule has 66 valence electrons. The van der Waals surface area contributed by atoms with Gasteiger partial charge in [0.1, 0.15) is 0 Å². The molecule has 0 heterocycles. The van der Waals surface area contributed by atoms with Crippen molar-refractivity contribution in [3.8, 4) is 0 Å². The van der Waals surface area contributed by atoms with E-state index in [-0.39, 0.29) is 26.2 Å². The number of benzene rings is 2. The monoisotopic (exact) mass is 255 g/mol. The zero-order valence-electron chi connectivity index (χ0n) is 7.75. The molecule has 2 aromatic carbocycles. The first-order chi connectivity index (χ1) is 6.43. The minimum absolute atomic E-state index is 0. The van der Waals surface area contributed by atoms with Crippen molar-refractivity contribution >= 4 is 10.8 Å². The minimum atomic E-state index is 0. The number of rotatable bonds is 0. The topological polar surface area (TPSA) is 0 Å². The second kappa shape index (κ2) is 3.83. The molecular formula is C13H9Zr-. The second-order valence-electron chi connectivity index (χ2n) is 3.41. The largest absolute Gasteiger partial charge is 0.189 e. The Morgan fingerprint density at radius 2 is 1.71 bits per heavy atom. The van der Waals surface area contributed by atoms with E-state index in [1.807, 2.05) is 0 Å². The molecule has 1 heteroatoms. The molecule has 0 fully saturated rings. The van der Waals surface area contributed by atoms with Gasteiger partial charge in [0.15, 0.2) is 0 Å². The summed E-state index contributed by atoms with van der Waals surface area (Å²) in [5.41, 5.74) is 2.66. The van der Waals surface area contributed by atoms with E-state index in [1.54, 1.807) is 0 Å². The van der Waals surface area contributed by atoms with Crippen LogP contribution in [0.4, 0.5) is 0 Å². The Hall–Kier alpha value is -0.677. The van der Waals surface area contributed by atoms with Crippen LogP contribution in [-0.2, 0) is 32.6 Å². The zero-order valence-corrected chi connectivity index (χ0v) is 10.2. The van der Waals surface area contributed by atoms with Crippen LogP contribution in [0.15, 0.2) is 42.5 Å². The Morgan fingerprint density at radius 1 is 1.00 bits per heavy atom. The van der Waals surface area contributed by atoms with Gasteiger partial charge in [0.25, 0.3) is 0 Å². The summed E-state index contributed by atoms with van der Waals surface area (Å²) >= 11 is 0. The van der Waals surface area contributed by atoms with Gasteiger partial charge in [-0.15, -0.1) is 11.6 Å². The molecule has 0 nitrogen and oxygen atoms in total. The van der Waals surface area contributed by atoms with Crippen molar-refractivity contribution in [3.63, 3.8) is 0 Å². The van der Waals surface area contributed by atoms with Gasteiger partial charge in [-0.2, -0.15) is 23.8 Å². The molecule has 0 radical (unpaired) electrons. The fraction of sp³-hybridized carbons (Fsp3) is 0.0769. The van der Waals surface area contributed by atoms with Gasteiger partial charge >= 0.3 is 0 Å². The Bertz CT molecular complexity index is 498. The number of allylic oxidation sites excluding steroid dienone is 1. The maximum Gasteiger partial charge on any atom is 0 e. The van der Waals surface area contributed by atoms with E-state index >= 15 is 0 Å². The number of hydrogen-bond acceptors (Lipinski definition) is 0. The third-order valence-electron chi connectivity index (χ3n) is 2.55. The molecule has 0 amide bonds. The molecule has 0 saturated heterocycles. The van der Waals surface area contributed by atoms with Crippen LogP contribution < -0.4 is 0 Å². The molecule has 0 unspecified atom stereocenters. The molecule has 1 aliphatic rings. The summed E-state index contributed by atoms with van der Waals surface area (Å²) in [7, 11) is 0. The van der Waals surface area contributed by atoms with E-state index < -0.39 is 0 Å². The van der Waals surface area contributed by atoms with Crippen LogP contribution in [0.3, 0.4) is 0 Å². The van der Waals surface area contributed by atoms with Crippen LogP contribution in [0.2, 0.25) is 0 Å². The molecular weight excluding hydrogens is 247 g/mol. The van der Waals surface area contributed by atoms with Gasteiger partial charge in [0, 0.05) is 26.2 Å². The molecule has 0 spiro atoms. The maximum absolute atomic E-state index is 3.27. The predicted molar refractivity (Wildman–Crippen MR) is 54.6 cm³/mol. The molecule has 0 N–H and O–H groups in total. The van der Waals surface area contributed by atoms with E-state index in [0.717, 1.165) is 6.42 Å². The zero-order chi connectivity index (χ0) is 8.67. The predicted octanol–water partition coefficient (Wildman–Crippen LogP) is 3.10. The second-order valence-corrected chi connectivity index (χ2v) is 3.41. The smallest absolute Gasteiger partial charge is 0 e. The number of hydrogen-bond donors (Lipinski definition) is 0. The first kappa shape index (κ1) is 9.86. The summed E-state index contributed by atoms with van der Waals surface area (Å²) in [6.07, 6.45) is 6.41. The van der Waals surface area contributed by atoms with Crippen LogP contribution in [0.1, 0.15) is 11.1 Å². The third-order valence-corrected chi connectivity index (χ3v) is 2.55. The maximum atomic E-state index is 3.27. The first-order valence-electron chi connectivity index (χ1n) is 4.53. The normalized spacial score (nSPS) is 12.6. The van der Waals surface area contributed by atoms with Crippen molar-refractivity contribution in [2.24, 2.45) is 0 Å². The van der Waals surface area contributed by atoms with Crippen molar-refractivity contribution < 1.29 is 26.2 Å². The fourth-order valence-electron chi connectivity index (χ4n) is 1.86. The van der Waals surface area contributed by atoms with E-state index in [2.05, 4.69) is 48.6 Å². The molecule has 1 aliphatic carbocycles. The van der Waals surface area contributed by atoms with Crippen molar-refractivity contribution in [2.45, 2.75) is 6.42 Å². The van der Waals surface area contributed by atoms with Crippen LogP contribution in [-0.4, -0.2) is 0 Å². The van der Waals surface area contributed by atoms with Gasteiger partial charge in [-0.25, -0.2) is 0 Å².